The van der Waals surface area contributed by atoms with Crippen molar-refractivity contribution in [3.8, 4) is 34.5 Å². The van der Waals surface area contributed by atoms with E-state index >= 15 is 0 Å². The summed E-state index contributed by atoms with van der Waals surface area (Å²) in [7, 11) is 0. The van der Waals surface area contributed by atoms with Crippen molar-refractivity contribution in [1.82, 2.24) is 0 Å². The van der Waals surface area contributed by atoms with Crippen LogP contribution in [0, 0.1) is 0 Å². The maximum absolute atomic E-state index is 11.7. The number of rotatable bonds is 5. The Labute approximate surface area is 262 Å². The zero-order valence-electron chi connectivity index (χ0n) is 24.1. The fourth-order valence-corrected chi connectivity index (χ4v) is 6.96. The van der Waals surface area contributed by atoms with E-state index in [1.807, 2.05) is 0 Å². The first-order valence-electron chi connectivity index (χ1n) is 14.7. The first-order chi connectivity index (χ1) is 22.0. The van der Waals surface area contributed by atoms with Crippen molar-refractivity contribution >= 4 is 0 Å². The number of phenolic OH excluding ortho intramolecular Hbond substituents is 5. The molecule has 1 aliphatic carbocycles. The molecular weight excluding hydrogens is 600 g/mol. The fourth-order valence-electron chi connectivity index (χ4n) is 6.96. The summed E-state index contributed by atoms with van der Waals surface area (Å²) in [6.45, 7) is -0.653. The molecule has 4 aromatic carbocycles. The third-order valence-electron chi connectivity index (χ3n) is 9.08. The fraction of sp³-hybridized carbons (Fsp3) is 0.294. The van der Waals surface area contributed by atoms with Crippen LogP contribution < -0.4 is 4.74 Å². The average Bonchev–Trinajstić information content (AvgIpc) is 3.24. The predicted octanol–water partition coefficient (Wildman–Crippen LogP) is 2.48. The van der Waals surface area contributed by atoms with Crippen LogP contribution in [0.5, 0.6) is 34.5 Å². The maximum Gasteiger partial charge on any atom is 0.229 e. The predicted molar refractivity (Wildman–Crippen MR) is 159 cm³/mol. The van der Waals surface area contributed by atoms with E-state index in [1.165, 1.54) is 42.5 Å². The first kappa shape index (κ1) is 30.1. The van der Waals surface area contributed by atoms with Gasteiger partial charge in [0.25, 0.3) is 0 Å². The van der Waals surface area contributed by atoms with E-state index in [0.717, 1.165) is 0 Å². The Morgan fingerprint density at radius 2 is 1.17 bits per heavy atom. The lowest BCUT2D eigenvalue weighted by molar-refractivity contribution is -0.277. The van der Waals surface area contributed by atoms with E-state index in [-0.39, 0.29) is 34.5 Å². The van der Waals surface area contributed by atoms with E-state index in [1.54, 1.807) is 30.3 Å². The Morgan fingerprint density at radius 1 is 0.565 bits per heavy atom. The second kappa shape index (κ2) is 11.4. The molecule has 0 amide bonds. The molecule has 0 spiro atoms. The summed E-state index contributed by atoms with van der Waals surface area (Å²) in [6.07, 6.45) is -9.37. The summed E-state index contributed by atoms with van der Waals surface area (Å²) in [5, 5.41) is 94.4. The zero-order chi connectivity index (χ0) is 32.4. The van der Waals surface area contributed by atoms with Crippen LogP contribution in [-0.4, -0.2) is 83.3 Å². The molecule has 12 heteroatoms. The molecule has 0 saturated carbocycles. The Morgan fingerprint density at radius 3 is 1.83 bits per heavy atom. The van der Waals surface area contributed by atoms with E-state index in [2.05, 4.69) is 0 Å². The molecule has 0 aromatic heterocycles. The Kier molecular flexibility index (Phi) is 7.43. The molecule has 9 atom stereocenters. The number of aliphatic hydroxyl groups is 4. The third kappa shape index (κ3) is 4.87. The van der Waals surface area contributed by atoms with Gasteiger partial charge in [-0.3, -0.25) is 0 Å². The van der Waals surface area contributed by atoms with Crippen LogP contribution in [0.25, 0.3) is 0 Å². The average molecular weight is 633 g/mol. The molecule has 1 fully saturated rings. The van der Waals surface area contributed by atoms with Gasteiger partial charge in [-0.2, -0.15) is 0 Å². The van der Waals surface area contributed by atoms with Gasteiger partial charge in [-0.25, -0.2) is 0 Å². The number of phenols is 5. The normalized spacial score (nSPS) is 29.9. The van der Waals surface area contributed by atoms with E-state index in [9.17, 15) is 46.0 Å². The Bertz CT molecular complexity index is 1760. The highest BCUT2D eigenvalue weighted by Gasteiger charge is 2.50. The molecule has 2 aliphatic heterocycles. The third-order valence-corrected chi connectivity index (χ3v) is 9.08. The summed E-state index contributed by atoms with van der Waals surface area (Å²) in [5.74, 6) is -2.09. The van der Waals surface area contributed by atoms with Crippen molar-refractivity contribution in [3.63, 3.8) is 0 Å². The molecule has 1 saturated heterocycles. The number of ether oxygens (including phenoxy) is 3. The highest BCUT2D eigenvalue weighted by atomic mass is 16.7. The topological polar surface area (TPSA) is 210 Å². The van der Waals surface area contributed by atoms with E-state index < -0.39 is 61.4 Å². The van der Waals surface area contributed by atoms with Gasteiger partial charge in [-0.05, 0) is 58.7 Å². The van der Waals surface area contributed by atoms with Crippen molar-refractivity contribution in [2.24, 2.45) is 0 Å². The largest absolute Gasteiger partial charge is 0.508 e. The molecule has 12 nitrogen and oxygen atoms in total. The van der Waals surface area contributed by atoms with Crippen LogP contribution in [0.3, 0.4) is 0 Å². The van der Waals surface area contributed by atoms with Gasteiger partial charge in [0.15, 0.2) is 0 Å². The lowest BCUT2D eigenvalue weighted by atomic mass is 9.79. The highest BCUT2D eigenvalue weighted by molar-refractivity contribution is 5.64. The van der Waals surface area contributed by atoms with Gasteiger partial charge in [0, 0.05) is 35.1 Å². The van der Waals surface area contributed by atoms with E-state index in [4.69, 9.17) is 14.2 Å². The van der Waals surface area contributed by atoms with Crippen LogP contribution in [0.1, 0.15) is 57.4 Å². The Balaban J connectivity index is 1.42. The minimum atomic E-state index is -1.70. The molecule has 2 bridgehead atoms. The minimum absolute atomic E-state index is 0.0125. The quantitative estimate of drug-likeness (QED) is 0.155. The molecular formula is C34H32O12. The number of benzene rings is 4. The second-order valence-electron chi connectivity index (χ2n) is 11.8. The minimum Gasteiger partial charge on any atom is -0.508 e. The summed E-state index contributed by atoms with van der Waals surface area (Å²) in [4.78, 5) is 0. The van der Waals surface area contributed by atoms with Crippen LogP contribution >= 0.6 is 0 Å². The highest BCUT2D eigenvalue weighted by Crippen LogP contribution is 2.63. The van der Waals surface area contributed by atoms with Crippen LogP contribution in [0.4, 0.5) is 0 Å². The standard InChI is InChI=1S/C34H32O12/c35-13-24-29(41)30(42)31(43)34(45-24)44-19-11-21-27(23(40)12-19)28-20-9-18(38)10-22(39)26(20)25(14-1-5-16(36)6-2-14)33(21)46-32(28)15-3-7-17(37)8-4-15/h1-12,24-25,28-43H,13H2/t24-,25-,28+,29-,30+,31-,32-,33+,34-/m1/s1. The van der Waals surface area contributed by atoms with Crippen LogP contribution in [0.2, 0.25) is 0 Å². The second-order valence-corrected chi connectivity index (χ2v) is 11.8. The summed E-state index contributed by atoms with van der Waals surface area (Å²) >= 11 is 0. The van der Waals surface area contributed by atoms with Crippen molar-refractivity contribution in [2.45, 2.75) is 54.7 Å². The smallest absolute Gasteiger partial charge is 0.229 e. The van der Waals surface area contributed by atoms with Gasteiger partial charge in [0.2, 0.25) is 6.29 Å². The lowest BCUT2D eigenvalue weighted by Gasteiger charge is -2.40. The Hall–Kier alpha value is -4.56. The van der Waals surface area contributed by atoms with Gasteiger partial charge in [-0.15, -0.1) is 0 Å². The zero-order valence-corrected chi connectivity index (χ0v) is 24.1. The van der Waals surface area contributed by atoms with Gasteiger partial charge < -0.3 is 60.2 Å². The number of hydrogen-bond acceptors (Lipinski definition) is 12. The molecule has 4 aromatic rings. The van der Waals surface area contributed by atoms with Gasteiger partial charge in [0.05, 0.1) is 18.8 Å². The van der Waals surface area contributed by atoms with Crippen LogP contribution in [-0.2, 0) is 9.47 Å². The number of aliphatic hydroxyl groups excluding tert-OH is 4. The molecule has 240 valence electrons. The molecule has 7 rings (SSSR count). The lowest BCUT2D eigenvalue weighted by Crippen LogP contribution is -2.60. The maximum atomic E-state index is 11.7. The molecule has 0 radical (unpaired) electrons. The van der Waals surface area contributed by atoms with Gasteiger partial charge in [-0.1, -0.05) is 24.3 Å². The van der Waals surface area contributed by atoms with Crippen molar-refractivity contribution in [1.29, 1.82) is 0 Å². The monoisotopic (exact) mass is 632 g/mol. The summed E-state index contributed by atoms with van der Waals surface area (Å²) < 4.78 is 18.2. The van der Waals surface area contributed by atoms with E-state index in [0.29, 0.717) is 33.4 Å². The molecule has 3 aliphatic rings. The van der Waals surface area contributed by atoms with Gasteiger partial charge in [0.1, 0.15) is 58.9 Å². The molecule has 46 heavy (non-hydrogen) atoms. The summed E-state index contributed by atoms with van der Waals surface area (Å²) in [6, 6.07) is 18.4. The van der Waals surface area contributed by atoms with Crippen molar-refractivity contribution in [3.05, 3.63) is 106 Å². The number of hydrogen-bond donors (Lipinski definition) is 9. The van der Waals surface area contributed by atoms with Crippen molar-refractivity contribution in [2.75, 3.05) is 6.61 Å². The van der Waals surface area contributed by atoms with Crippen LogP contribution in [0.15, 0.2) is 72.8 Å². The molecule has 9 N–H and O–H groups in total. The number of aromatic hydroxyl groups is 5. The van der Waals surface area contributed by atoms with Gasteiger partial charge >= 0.3 is 0 Å². The molecule has 2 heterocycles. The van der Waals surface area contributed by atoms with Crippen molar-refractivity contribution < 1.29 is 60.2 Å². The number of fused-ring (bicyclic) bond motifs is 2. The first-order valence-corrected chi connectivity index (χ1v) is 14.7. The SMILES string of the molecule is OC[C@H]1O[C@@H](Oc2cc(O)c3c(c2)[C@@H]2O[C@H](c4ccc(O)cc4)[C@H]3c3cc(O)cc(O)c3[C@H]2c2ccc(O)cc2)[C@H](O)[C@@H](O)[C@@H]1O. The molecule has 0 unspecified atom stereocenters. The summed E-state index contributed by atoms with van der Waals surface area (Å²) in [5.41, 5.74) is 3.08.